The number of nitrogens with zero attached hydrogens (tertiary/aromatic N) is 3. The molecule has 0 atom stereocenters. The largest absolute Gasteiger partial charge is 0.374 e. The third-order valence-corrected chi connectivity index (χ3v) is 2.42. The van der Waals surface area contributed by atoms with Crippen LogP contribution in [0.4, 0.5) is 5.13 Å². The Morgan fingerprint density at radius 1 is 1.38 bits per heavy atom. The highest BCUT2D eigenvalue weighted by Gasteiger charge is 2.04. The molecule has 2 N–H and O–H groups in total. The van der Waals surface area contributed by atoms with Gasteiger partial charge in [0.1, 0.15) is 10.2 Å². The quantitative estimate of drug-likeness (QED) is 0.733. The number of nitrogens with two attached hydrogens (primary N) is 1. The first-order valence-corrected chi connectivity index (χ1v) is 4.66. The smallest absolute Gasteiger partial charge is 0.203 e. The molecule has 0 bridgehead atoms. The number of pyridine rings is 1. The van der Waals surface area contributed by atoms with Crippen LogP contribution < -0.4 is 5.73 Å². The van der Waals surface area contributed by atoms with Crippen LogP contribution in [0.25, 0.3) is 10.6 Å². The standard InChI is InChI=1S/C7H5ClN4S/c8-5-3-4(1-2-10-5)6-11-12-7(9)13-6/h1-3H,(H2,9,12). The second kappa shape index (κ2) is 3.27. The fraction of sp³-hybridized carbons (Fsp3) is 0. The van der Waals surface area contributed by atoms with E-state index in [2.05, 4.69) is 15.2 Å². The van der Waals surface area contributed by atoms with Gasteiger partial charge in [-0.05, 0) is 12.1 Å². The molecule has 2 aromatic rings. The summed E-state index contributed by atoms with van der Waals surface area (Å²) in [5, 5.41) is 9.22. The van der Waals surface area contributed by atoms with Crippen LogP contribution in [0.1, 0.15) is 0 Å². The Hall–Kier alpha value is -1.20. The highest BCUT2D eigenvalue weighted by atomic mass is 35.5. The van der Waals surface area contributed by atoms with Crippen molar-refractivity contribution in [3.8, 4) is 10.6 Å². The third-order valence-electron chi connectivity index (χ3n) is 1.41. The van der Waals surface area contributed by atoms with Gasteiger partial charge in [-0.1, -0.05) is 22.9 Å². The van der Waals surface area contributed by atoms with Crippen LogP contribution in [-0.2, 0) is 0 Å². The van der Waals surface area contributed by atoms with E-state index in [1.165, 1.54) is 11.3 Å². The van der Waals surface area contributed by atoms with Crippen molar-refractivity contribution in [1.29, 1.82) is 0 Å². The van der Waals surface area contributed by atoms with E-state index >= 15 is 0 Å². The molecule has 0 aromatic carbocycles. The molecule has 2 aromatic heterocycles. The average Bonchev–Trinajstić information content (AvgIpc) is 2.52. The number of halogens is 1. The fourth-order valence-electron chi connectivity index (χ4n) is 0.887. The summed E-state index contributed by atoms with van der Waals surface area (Å²) >= 11 is 7.03. The van der Waals surface area contributed by atoms with Gasteiger partial charge in [0.2, 0.25) is 5.13 Å². The minimum atomic E-state index is 0.436. The van der Waals surface area contributed by atoms with Gasteiger partial charge in [0.15, 0.2) is 0 Å². The predicted molar refractivity (Wildman–Crippen MR) is 52.6 cm³/mol. The molecule has 2 heterocycles. The second-order valence-corrected chi connectivity index (χ2v) is 3.71. The van der Waals surface area contributed by atoms with Gasteiger partial charge >= 0.3 is 0 Å². The van der Waals surface area contributed by atoms with Crippen molar-refractivity contribution in [3.63, 3.8) is 0 Å². The number of aromatic nitrogens is 3. The molecule has 0 amide bonds. The Kier molecular flexibility index (Phi) is 2.12. The van der Waals surface area contributed by atoms with Crippen LogP contribution in [-0.4, -0.2) is 15.2 Å². The van der Waals surface area contributed by atoms with Crippen molar-refractivity contribution in [2.45, 2.75) is 0 Å². The Morgan fingerprint density at radius 2 is 2.23 bits per heavy atom. The summed E-state index contributed by atoms with van der Waals surface area (Å²) < 4.78 is 0. The van der Waals surface area contributed by atoms with E-state index in [0.29, 0.717) is 10.3 Å². The maximum Gasteiger partial charge on any atom is 0.203 e. The Labute approximate surface area is 83.4 Å². The predicted octanol–water partition coefficient (Wildman–Crippen LogP) is 1.84. The van der Waals surface area contributed by atoms with E-state index in [1.807, 2.05) is 6.07 Å². The van der Waals surface area contributed by atoms with E-state index in [-0.39, 0.29) is 0 Å². The molecular formula is C7H5ClN4S. The van der Waals surface area contributed by atoms with Crippen molar-refractivity contribution in [1.82, 2.24) is 15.2 Å². The van der Waals surface area contributed by atoms with Gasteiger partial charge in [-0.2, -0.15) is 0 Å². The summed E-state index contributed by atoms with van der Waals surface area (Å²) in [6.45, 7) is 0. The van der Waals surface area contributed by atoms with Gasteiger partial charge in [-0.25, -0.2) is 4.98 Å². The van der Waals surface area contributed by atoms with Crippen LogP contribution >= 0.6 is 22.9 Å². The van der Waals surface area contributed by atoms with E-state index in [1.54, 1.807) is 12.3 Å². The zero-order valence-electron chi connectivity index (χ0n) is 6.44. The lowest BCUT2D eigenvalue weighted by atomic mass is 10.3. The molecule has 0 aliphatic carbocycles. The molecule has 0 aliphatic rings. The van der Waals surface area contributed by atoms with Gasteiger partial charge in [0, 0.05) is 11.8 Å². The first kappa shape index (κ1) is 8.40. The normalized spacial score (nSPS) is 10.2. The molecule has 0 radical (unpaired) electrons. The van der Waals surface area contributed by atoms with Gasteiger partial charge in [0.25, 0.3) is 0 Å². The van der Waals surface area contributed by atoms with Gasteiger partial charge in [-0.15, -0.1) is 10.2 Å². The molecule has 0 aliphatic heterocycles. The SMILES string of the molecule is Nc1nnc(-c2ccnc(Cl)c2)s1. The van der Waals surface area contributed by atoms with Crippen molar-refractivity contribution in [2.24, 2.45) is 0 Å². The van der Waals surface area contributed by atoms with Crippen molar-refractivity contribution >= 4 is 28.1 Å². The Bertz CT molecular complexity index is 428. The van der Waals surface area contributed by atoms with Gasteiger partial charge < -0.3 is 5.73 Å². The first-order chi connectivity index (χ1) is 6.25. The van der Waals surface area contributed by atoms with E-state index < -0.39 is 0 Å². The average molecular weight is 213 g/mol. The topological polar surface area (TPSA) is 64.7 Å². The maximum atomic E-state index is 5.72. The third kappa shape index (κ3) is 1.76. The minimum absolute atomic E-state index is 0.436. The first-order valence-electron chi connectivity index (χ1n) is 3.46. The summed E-state index contributed by atoms with van der Waals surface area (Å²) in [5.41, 5.74) is 6.33. The number of nitrogen functional groups attached to an aromatic ring is 1. The summed E-state index contributed by atoms with van der Waals surface area (Å²) in [5.74, 6) is 0. The lowest BCUT2D eigenvalue weighted by molar-refractivity contribution is 1.10. The van der Waals surface area contributed by atoms with Crippen molar-refractivity contribution in [2.75, 3.05) is 5.73 Å². The number of hydrogen-bond donors (Lipinski definition) is 1. The van der Waals surface area contributed by atoms with Crippen LogP contribution in [0.5, 0.6) is 0 Å². The summed E-state index contributed by atoms with van der Waals surface area (Å²) in [7, 11) is 0. The molecular weight excluding hydrogens is 208 g/mol. The van der Waals surface area contributed by atoms with Crippen molar-refractivity contribution in [3.05, 3.63) is 23.5 Å². The lowest BCUT2D eigenvalue weighted by Crippen LogP contribution is -1.80. The van der Waals surface area contributed by atoms with Crippen LogP contribution in [0.3, 0.4) is 0 Å². The number of anilines is 1. The molecule has 66 valence electrons. The molecule has 0 saturated heterocycles. The zero-order valence-corrected chi connectivity index (χ0v) is 8.01. The second-order valence-electron chi connectivity index (χ2n) is 2.31. The lowest BCUT2D eigenvalue weighted by Gasteiger charge is -1.93. The highest BCUT2D eigenvalue weighted by Crippen LogP contribution is 2.25. The summed E-state index contributed by atoms with van der Waals surface area (Å²) in [4.78, 5) is 3.86. The Balaban J connectivity index is 2.46. The van der Waals surface area contributed by atoms with Crippen molar-refractivity contribution < 1.29 is 0 Å². The summed E-state index contributed by atoms with van der Waals surface area (Å²) in [6, 6.07) is 3.54. The molecule has 0 spiro atoms. The Morgan fingerprint density at radius 3 is 2.85 bits per heavy atom. The molecule has 2 rings (SSSR count). The molecule has 0 fully saturated rings. The number of rotatable bonds is 1. The molecule has 0 saturated carbocycles. The molecule has 6 heteroatoms. The summed E-state index contributed by atoms with van der Waals surface area (Å²) in [6.07, 6.45) is 1.62. The molecule has 0 unspecified atom stereocenters. The fourth-order valence-corrected chi connectivity index (χ4v) is 1.67. The van der Waals surface area contributed by atoms with Crippen LogP contribution in [0.15, 0.2) is 18.3 Å². The zero-order chi connectivity index (χ0) is 9.26. The highest BCUT2D eigenvalue weighted by molar-refractivity contribution is 7.18. The number of hydrogen-bond acceptors (Lipinski definition) is 5. The van der Waals surface area contributed by atoms with Crippen LogP contribution in [0, 0.1) is 0 Å². The maximum absolute atomic E-state index is 5.72. The minimum Gasteiger partial charge on any atom is -0.374 e. The van der Waals surface area contributed by atoms with Gasteiger partial charge in [0.05, 0.1) is 0 Å². The van der Waals surface area contributed by atoms with E-state index in [9.17, 15) is 0 Å². The van der Waals surface area contributed by atoms with Crippen LogP contribution in [0.2, 0.25) is 5.15 Å². The molecule has 4 nitrogen and oxygen atoms in total. The van der Waals surface area contributed by atoms with E-state index in [0.717, 1.165) is 10.6 Å². The molecule has 13 heavy (non-hydrogen) atoms. The monoisotopic (exact) mass is 212 g/mol. The van der Waals surface area contributed by atoms with E-state index in [4.69, 9.17) is 17.3 Å². The van der Waals surface area contributed by atoms with Gasteiger partial charge in [-0.3, -0.25) is 0 Å².